The summed E-state index contributed by atoms with van der Waals surface area (Å²) in [6.45, 7) is 3.21. The molecule has 2 heterocycles. The molecular formula is C20H24N2O3S. The van der Waals surface area contributed by atoms with Crippen LogP contribution in [0.3, 0.4) is 0 Å². The van der Waals surface area contributed by atoms with E-state index in [4.69, 9.17) is 4.74 Å². The normalized spacial score (nSPS) is 17.2. The van der Waals surface area contributed by atoms with Gasteiger partial charge in [0.1, 0.15) is 6.54 Å². The minimum absolute atomic E-state index is 0.0619. The van der Waals surface area contributed by atoms with Gasteiger partial charge in [-0.05, 0) is 60.8 Å². The van der Waals surface area contributed by atoms with Crippen LogP contribution in [-0.2, 0) is 14.3 Å². The van der Waals surface area contributed by atoms with Crippen LogP contribution in [0, 0.1) is 0 Å². The third-order valence-corrected chi connectivity index (χ3v) is 5.29. The average molecular weight is 372 g/mol. The van der Waals surface area contributed by atoms with Crippen molar-refractivity contribution < 1.29 is 14.3 Å². The lowest BCUT2D eigenvalue weighted by Gasteiger charge is -2.28. The molecule has 1 fully saturated rings. The van der Waals surface area contributed by atoms with E-state index in [0.29, 0.717) is 13.2 Å². The zero-order valence-electron chi connectivity index (χ0n) is 15.0. The monoisotopic (exact) mass is 372 g/mol. The van der Waals surface area contributed by atoms with Gasteiger partial charge in [0.2, 0.25) is 5.91 Å². The summed E-state index contributed by atoms with van der Waals surface area (Å²) in [7, 11) is 0. The number of carbonyl (C=O) groups is 2. The molecule has 0 radical (unpaired) electrons. The standard InChI is InChI=1S/C20H24N2O3S/c1-2-25-20(24)14-22(17-7-4-3-5-8-17)19(23)13-21-11-6-9-18(21)16-10-12-26-15-16/h3-5,7-8,10,12,15,18H,2,6,9,11,13-14H2,1H3. The molecule has 0 bridgehead atoms. The zero-order chi connectivity index (χ0) is 18.4. The van der Waals surface area contributed by atoms with Crippen LogP contribution < -0.4 is 4.90 Å². The number of esters is 1. The number of rotatable bonds is 7. The predicted octanol–water partition coefficient (Wildman–Crippen LogP) is 3.48. The molecule has 2 aromatic rings. The molecule has 0 aliphatic carbocycles. The van der Waals surface area contributed by atoms with Gasteiger partial charge in [-0.3, -0.25) is 14.5 Å². The van der Waals surface area contributed by atoms with Gasteiger partial charge < -0.3 is 9.64 Å². The highest BCUT2D eigenvalue weighted by Gasteiger charge is 2.30. The molecule has 5 nitrogen and oxygen atoms in total. The molecule has 1 amide bonds. The van der Waals surface area contributed by atoms with Crippen LogP contribution in [0.1, 0.15) is 31.4 Å². The summed E-state index contributed by atoms with van der Waals surface area (Å²) in [4.78, 5) is 28.8. The van der Waals surface area contributed by atoms with Gasteiger partial charge in [0.15, 0.2) is 0 Å². The number of hydrogen-bond acceptors (Lipinski definition) is 5. The predicted molar refractivity (Wildman–Crippen MR) is 103 cm³/mol. The number of hydrogen-bond donors (Lipinski definition) is 0. The number of benzene rings is 1. The first-order valence-corrected chi connectivity index (χ1v) is 9.90. The van der Waals surface area contributed by atoms with Crippen LogP contribution in [0.25, 0.3) is 0 Å². The van der Waals surface area contributed by atoms with Crippen LogP contribution in [0.4, 0.5) is 5.69 Å². The fourth-order valence-corrected chi connectivity index (χ4v) is 4.09. The van der Waals surface area contributed by atoms with Crippen molar-refractivity contribution in [2.45, 2.75) is 25.8 Å². The van der Waals surface area contributed by atoms with Crippen LogP contribution >= 0.6 is 11.3 Å². The minimum atomic E-state index is -0.388. The first-order chi connectivity index (χ1) is 12.7. The molecule has 0 saturated carbocycles. The topological polar surface area (TPSA) is 49.9 Å². The van der Waals surface area contributed by atoms with E-state index in [9.17, 15) is 9.59 Å². The van der Waals surface area contributed by atoms with Crippen LogP contribution in [0.5, 0.6) is 0 Å². The SMILES string of the molecule is CCOC(=O)CN(C(=O)CN1CCCC1c1ccsc1)c1ccccc1. The summed E-state index contributed by atoms with van der Waals surface area (Å²) in [6.07, 6.45) is 2.14. The summed E-state index contributed by atoms with van der Waals surface area (Å²) in [5.74, 6) is -0.466. The maximum atomic E-state index is 13.0. The molecule has 1 aliphatic rings. The van der Waals surface area contributed by atoms with Gasteiger partial charge in [-0.25, -0.2) is 0 Å². The second-order valence-corrected chi connectivity index (χ2v) is 7.09. The van der Waals surface area contributed by atoms with Gasteiger partial charge in [-0.15, -0.1) is 0 Å². The Kier molecular flexibility index (Phi) is 6.41. The van der Waals surface area contributed by atoms with Gasteiger partial charge >= 0.3 is 5.97 Å². The summed E-state index contributed by atoms with van der Waals surface area (Å²) < 4.78 is 5.05. The van der Waals surface area contributed by atoms with E-state index in [1.807, 2.05) is 30.3 Å². The number of thiophene rings is 1. The van der Waals surface area contributed by atoms with Gasteiger partial charge in [-0.2, -0.15) is 11.3 Å². The average Bonchev–Trinajstić information content (AvgIpc) is 3.32. The molecule has 1 atom stereocenters. The second kappa shape index (κ2) is 8.96. The minimum Gasteiger partial charge on any atom is -0.465 e. The van der Waals surface area contributed by atoms with Crippen LogP contribution in [-0.4, -0.2) is 43.0 Å². The Bertz CT molecular complexity index is 718. The van der Waals surface area contributed by atoms with Gasteiger partial charge in [0.05, 0.1) is 13.2 Å². The summed E-state index contributed by atoms with van der Waals surface area (Å²) in [5.41, 5.74) is 1.99. The molecule has 6 heteroatoms. The van der Waals surface area contributed by atoms with Crippen molar-refractivity contribution in [3.8, 4) is 0 Å². The molecule has 1 aliphatic heterocycles. The van der Waals surface area contributed by atoms with E-state index in [1.165, 1.54) is 10.5 Å². The number of likely N-dealkylation sites (tertiary alicyclic amines) is 1. The summed E-state index contributed by atoms with van der Waals surface area (Å²) in [5, 5.41) is 4.23. The molecular weight excluding hydrogens is 348 g/mol. The Morgan fingerprint density at radius 3 is 2.77 bits per heavy atom. The molecule has 1 aromatic carbocycles. The van der Waals surface area contributed by atoms with E-state index >= 15 is 0 Å². The van der Waals surface area contributed by atoms with E-state index < -0.39 is 0 Å². The molecule has 1 saturated heterocycles. The molecule has 3 rings (SSSR count). The maximum Gasteiger partial charge on any atom is 0.326 e. The van der Waals surface area contributed by atoms with Crippen LogP contribution in [0.15, 0.2) is 47.2 Å². The number of anilines is 1. The zero-order valence-corrected chi connectivity index (χ0v) is 15.8. The lowest BCUT2D eigenvalue weighted by molar-refractivity contribution is -0.142. The third-order valence-electron chi connectivity index (χ3n) is 4.59. The van der Waals surface area contributed by atoms with E-state index in [0.717, 1.165) is 25.1 Å². The van der Waals surface area contributed by atoms with Crippen molar-refractivity contribution in [2.75, 3.05) is 31.1 Å². The summed E-state index contributed by atoms with van der Waals surface area (Å²) in [6, 6.07) is 11.7. The highest BCUT2D eigenvalue weighted by Crippen LogP contribution is 2.33. The first-order valence-electron chi connectivity index (χ1n) is 8.96. The Hall–Kier alpha value is -2.18. The van der Waals surface area contributed by atoms with Gasteiger partial charge in [-0.1, -0.05) is 18.2 Å². The van der Waals surface area contributed by atoms with Crippen molar-refractivity contribution >= 4 is 28.9 Å². The number of ether oxygens (including phenoxy) is 1. The highest BCUT2D eigenvalue weighted by molar-refractivity contribution is 7.07. The second-order valence-electron chi connectivity index (χ2n) is 6.31. The smallest absolute Gasteiger partial charge is 0.326 e. The Morgan fingerprint density at radius 1 is 1.27 bits per heavy atom. The number of carbonyl (C=O) groups excluding carboxylic acids is 2. The number of nitrogens with zero attached hydrogens (tertiary/aromatic N) is 2. The molecule has 0 spiro atoms. The maximum absolute atomic E-state index is 13.0. The fraction of sp³-hybridized carbons (Fsp3) is 0.400. The lowest BCUT2D eigenvalue weighted by atomic mass is 10.1. The number of para-hydroxylation sites is 1. The summed E-state index contributed by atoms with van der Waals surface area (Å²) >= 11 is 1.68. The molecule has 0 N–H and O–H groups in total. The van der Waals surface area contributed by atoms with E-state index in [2.05, 4.69) is 21.7 Å². The van der Waals surface area contributed by atoms with E-state index in [-0.39, 0.29) is 24.5 Å². The van der Waals surface area contributed by atoms with Gasteiger partial charge in [0, 0.05) is 11.7 Å². The first kappa shape index (κ1) is 18.6. The largest absolute Gasteiger partial charge is 0.465 e. The molecule has 1 aromatic heterocycles. The van der Waals surface area contributed by atoms with Crippen molar-refractivity contribution in [3.63, 3.8) is 0 Å². The van der Waals surface area contributed by atoms with E-state index in [1.54, 1.807) is 18.3 Å². The lowest BCUT2D eigenvalue weighted by Crippen LogP contribution is -2.43. The molecule has 1 unspecified atom stereocenters. The Morgan fingerprint density at radius 2 is 2.08 bits per heavy atom. The number of amides is 1. The Balaban J connectivity index is 1.73. The Labute approximate surface area is 158 Å². The van der Waals surface area contributed by atoms with Crippen LogP contribution in [0.2, 0.25) is 0 Å². The van der Waals surface area contributed by atoms with Crippen molar-refractivity contribution in [2.24, 2.45) is 0 Å². The molecule has 138 valence electrons. The third kappa shape index (κ3) is 4.51. The molecule has 26 heavy (non-hydrogen) atoms. The van der Waals surface area contributed by atoms with Crippen molar-refractivity contribution in [1.82, 2.24) is 4.90 Å². The quantitative estimate of drug-likeness (QED) is 0.698. The fourth-order valence-electron chi connectivity index (χ4n) is 3.38. The van der Waals surface area contributed by atoms with Crippen molar-refractivity contribution in [3.05, 3.63) is 52.7 Å². The highest BCUT2D eigenvalue weighted by atomic mass is 32.1. The van der Waals surface area contributed by atoms with Crippen molar-refractivity contribution in [1.29, 1.82) is 0 Å². The van der Waals surface area contributed by atoms with Gasteiger partial charge in [0.25, 0.3) is 0 Å².